The summed E-state index contributed by atoms with van der Waals surface area (Å²) in [7, 11) is 0. The molecule has 1 aliphatic carbocycles. The van der Waals surface area contributed by atoms with E-state index < -0.39 is 11.6 Å². The van der Waals surface area contributed by atoms with Gasteiger partial charge in [-0.1, -0.05) is 6.42 Å². The molecule has 3 atom stereocenters. The third-order valence-electron chi connectivity index (χ3n) is 4.74. The minimum atomic E-state index is -0.700. The summed E-state index contributed by atoms with van der Waals surface area (Å²) in [4.78, 5) is 14.1. The normalized spacial score (nSPS) is 27.2. The van der Waals surface area contributed by atoms with Gasteiger partial charge in [0.2, 0.25) is 5.91 Å². The van der Waals surface area contributed by atoms with Gasteiger partial charge in [0, 0.05) is 30.9 Å². The van der Waals surface area contributed by atoms with Crippen molar-refractivity contribution in [3.8, 4) is 0 Å². The van der Waals surface area contributed by atoms with Crippen molar-refractivity contribution in [3.63, 3.8) is 0 Å². The van der Waals surface area contributed by atoms with Gasteiger partial charge in [0.25, 0.3) is 0 Å². The molecule has 1 saturated heterocycles. The summed E-state index contributed by atoms with van der Waals surface area (Å²) in [6, 6.07) is 3.23. The van der Waals surface area contributed by atoms with Crippen molar-refractivity contribution in [2.45, 2.75) is 25.3 Å². The van der Waals surface area contributed by atoms with Gasteiger partial charge in [-0.05, 0) is 36.8 Å². The highest BCUT2D eigenvalue weighted by Gasteiger charge is 2.38. The van der Waals surface area contributed by atoms with Crippen molar-refractivity contribution in [2.24, 2.45) is 17.6 Å². The number of rotatable bonds is 3. The van der Waals surface area contributed by atoms with Gasteiger partial charge >= 0.3 is 0 Å². The van der Waals surface area contributed by atoms with Crippen LogP contribution in [0.3, 0.4) is 0 Å². The molecule has 0 spiro atoms. The molecule has 0 aromatic heterocycles. The molecule has 3 unspecified atom stereocenters. The lowest BCUT2D eigenvalue weighted by Crippen LogP contribution is -2.38. The zero-order chi connectivity index (χ0) is 15.7. The summed E-state index contributed by atoms with van der Waals surface area (Å²) in [6.45, 7) is 1.94. The molecule has 1 saturated carbocycles. The molecule has 0 bridgehead atoms. The summed E-state index contributed by atoms with van der Waals surface area (Å²) < 4.78 is 26.2. The molecule has 23 heavy (non-hydrogen) atoms. The summed E-state index contributed by atoms with van der Waals surface area (Å²) in [5.74, 6) is -0.615. The molecule has 1 aliphatic heterocycles. The van der Waals surface area contributed by atoms with Crippen molar-refractivity contribution in [3.05, 3.63) is 29.8 Å². The topological polar surface area (TPSA) is 58.4 Å². The van der Waals surface area contributed by atoms with Crippen LogP contribution < -0.4 is 11.1 Å². The first-order valence-corrected chi connectivity index (χ1v) is 7.75. The third-order valence-corrected chi connectivity index (χ3v) is 4.74. The number of nitrogens with zero attached hydrogens (tertiary/aromatic N) is 1. The second-order valence-electron chi connectivity index (χ2n) is 6.42. The molecule has 1 amide bonds. The van der Waals surface area contributed by atoms with E-state index in [9.17, 15) is 13.6 Å². The summed E-state index contributed by atoms with van der Waals surface area (Å²) in [6.07, 6.45) is 3.39. The lowest BCUT2D eigenvalue weighted by molar-refractivity contribution is -0.117. The average molecular weight is 346 g/mol. The van der Waals surface area contributed by atoms with Crippen LogP contribution in [0.4, 0.5) is 14.5 Å². The van der Waals surface area contributed by atoms with Gasteiger partial charge in [-0.25, -0.2) is 8.78 Å². The molecule has 1 aromatic carbocycles. The van der Waals surface area contributed by atoms with Crippen LogP contribution in [-0.2, 0) is 4.79 Å². The van der Waals surface area contributed by atoms with E-state index in [2.05, 4.69) is 10.2 Å². The maximum atomic E-state index is 13.1. The highest BCUT2D eigenvalue weighted by molar-refractivity contribution is 5.92. The maximum Gasteiger partial charge on any atom is 0.238 e. The Hall–Kier alpha value is -1.24. The molecular formula is C16H22ClF2N3O. The number of fused-ring (bicyclic) bond motifs is 1. The van der Waals surface area contributed by atoms with Crippen LogP contribution in [0, 0.1) is 23.5 Å². The number of halogens is 3. The van der Waals surface area contributed by atoms with Crippen molar-refractivity contribution >= 4 is 24.0 Å². The Morgan fingerprint density at radius 2 is 1.91 bits per heavy atom. The van der Waals surface area contributed by atoms with Gasteiger partial charge < -0.3 is 11.1 Å². The number of amides is 1. The fourth-order valence-corrected chi connectivity index (χ4v) is 3.77. The lowest BCUT2D eigenvalue weighted by atomic mass is 9.78. The molecule has 3 rings (SSSR count). The van der Waals surface area contributed by atoms with Crippen LogP contribution in [-0.4, -0.2) is 36.5 Å². The van der Waals surface area contributed by atoms with Crippen LogP contribution in [0.25, 0.3) is 0 Å². The zero-order valence-corrected chi connectivity index (χ0v) is 13.6. The summed E-state index contributed by atoms with van der Waals surface area (Å²) >= 11 is 0. The number of carbonyl (C=O) groups is 1. The minimum absolute atomic E-state index is 0. The molecule has 1 aromatic rings. The number of hydrogen-bond acceptors (Lipinski definition) is 3. The van der Waals surface area contributed by atoms with Gasteiger partial charge in [-0.2, -0.15) is 0 Å². The van der Waals surface area contributed by atoms with Crippen LogP contribution in [0.2, 0.25) is 0 Å². The van der Waals surface area contributed by atoms with Gasteiger partial charge in [0.1, 0.15) is 11.6 Å². The van der Waals surface area contributed by atoms with E-state index in [1.54, 1.807) is 0 Å². The average Bonchev–Trinajstić information content (AvgIpc) is 2.81. The first-order valence-electron chi connectivity index (χ1n) is 7.75. The minimum Gasteiger partial charge on any atom is -0.327 e. The molecule has 0 radical (unpaired) electrons. The predicted octanol–water partition coefficient (Wildman–Crippen LogP) is 2.38. The van der Waals surface area contributed by atoms with E-state index in [-0.39, 0.29) is 36.6 Å². The zero-order valence-electron chi connectivity index (χ0n) is 12.8. The van der Waals surface area contributed by atoms with E-state index in [0.29, 0.717) is 11.8 Å². The molecule has 2 aliphatic rings. The quantitative estimate of drug-likeness (QED) is 0.884. The van der Waals surface area contributed by atoms with Gasteiger partial charge in [0.05, 0.1) is 6.54 Å². The molecular weight excluding hydrogens is 324 g/mol. The fraction of sp³-hybridized carbons (Fsp3) is 0.562. The number of carbonyl (C=O) groups excluding carboxylic acids is 1. The van der Waals surface area contributed by atoms with E-state index in [0.717, 1.165) is 44.1 Å². The largest absolute Gasteiger partial charge is 0.327 e. The summed E-state index contributed by atoms with van der Waals surface area (Å²) in [5.41, 5.74) is 6.31. The standard InChI is InChI=1S/C16H21F2N3O.ClH/c17-11-4-12(18)6-13(5-11)20-16(22)9-21-7-10-2-1-3-15(19)14(10)8-21;/h4-6,10,14-15H,1-3,7-9,19H2,(H,20,22);1H. The second-order valence-corrected chi connectivity index (χ2v) is 6.42. The number of hydrogen-bond donors (Lipinski definition) is 2. The molecule has 128 valence electrons. The van der Waals surface area contributed by atoms with E-state index >= 15 is 0 Å². The Balaban J connectivity index is 0.00000192. The lowest BCUT2D eigenvalue weighted by Gasteiger charge is -2.29. The second kappa shape index (κ2) is 7.55. The molecule has 2 fully saturated rings. The highest BCUT2D eigenvalue weighted by Crippen LogP contribution is 2.35. The smallest absolute Gasteiger partial charge is 0.238 e. The SMILES string of the molecule is Cl.NC1CCCC2CN(CC(=O)Nc3cc(F)cc(F)c3)CC12. The number of nitrogens with one attached hydrogen (secondary N) is 1. The molecule has 4 nitrogen and oxygen atoms in total. The predicted molar refractivity (Wildman–Crippen MR) is 87.5 cm³/mol. The number of nitrogens with two attached hydrogens (primary N) is 1. The Labute approximate surface area is 140 Å². The first kappa shape index (κ1) is 18.1. The van der Waals surface area contributed by atoms with Crippen molar-refractivity contribution in [1.29, 1.82) is 0 Å². The molecule has 3 N–H and O–H groups in total. The van der Waals surface area contributed by atoms with Crippen molar-refractivity contribution < 1.29 is 13.6 Å². The van der Waals surface area contributed by atoms with Crippen LogP contribution >= 0.6 is 12.4 Å². The van der Waals surface area contributed by atoms with Gasteiger partial charge in [-0.3, -0.25) is 9.69 Å². The van der Waals surface area contributed by atoms with Gasteiger partial charge in [-0.15, -0.1) is 12.4 Å². The van der Waals surface area contributed by atoms with E-state index in [1.807, 2.05) is 0 Å². The third kappa shape index (κ3) is 4.40. The summed E-state index contributed by atoms with van der Waals surface area (Å²) in [5, 5.41) is 2.55. The number of anilines is 1. The molecule has 7 heteroatoms. The number of likely N-dealkylation sites (tertiary alicyclic amines) is 1. The molecule has 1 heterocycles. The van der Waals surface area contributed by atoms with E-state index in [4.69, 9.17) is 5.73 Å². The monoisotopic (exact) mass is 345 g/mol. The van der Waals surface area contributed by atoms with Crippen LogP contribution in [0.1, 0.15) is 19.3 Å². The van der Waals surface area contributed by atoms with E-state index in [1.165, 1.54) is 6.42 Å². The maximum absolute atomic E-state index is 13.1. The Morgan fingerprint density at radius 1 is 1.22 bits per heavy atom. The van der Waals surface area contributed by atoms with Gasteiger partial charge in [0.15, 0.2) is 0 Å². The highest BCUT2D eigenvalue weighted by atomic mass is 35.5. The Kier molecular flexibility index (Phi) is 5.95. The van der Waals surface area contributed by atoms with Crippen LogP contribution in [0.15, 0.2) is 18.2 Å². The van der Waals surface area contributed by atoms with Crippen molar-refractivity contribution in [2.75, 3.05) is 25.0 Å². The Bertz CT molecular complexity index is 552. The first-order chi connectivity index (χ1) is 10.5. The van der Waals surface area contributed by atoms with Crippen molar-refractivity contribution in [1.82, 2.24) is 4.90 Å². The fourth-order valence-electron chi connectivity index (χ4n) is 3.77. The Morgan fingerprint density at radius 3 is 2.57 bits per heavy atom. The number of benzene rings is 1. The van der Waals surface area contributed by atoms with Crippen LogP contribution in [0.5, 0.6) is 0 Å².